The molecule has 3 fully saturated rings. The summed E-state index contributed by atoms with van der Waals surface area (Å²) in [6.07, 6.45) is 4.60. The minimum Gasteiger partial charge on any atom is -0.461 e. The van der Waals surface area contributed by atoms with Gasteiger partial charge in [0.25, 0.3) is 0 Å². The molecule has 2 amide bonds. The van der Waals surface area contributed by atoms with Gasteiger partial charge in [-0.05, 0) is 39.5 Å². The topological polar surface area (TPSA) is 87.1 Å². The number of ether oxygens (including phenoxy) is 1. The third kappa shape index (κ3) is 3.93. The van der Waals surface area contributed by atoms with Crippen molar-refractivity contribution in [3.63, 3.8) is 0 Å². The van der Waals surface area contributed by atoms with E-state index >= 15 is 0 Å². The van der Waals surface area contributed by atoms with Crippen LogP contribution < -0.4 is 0 Å². The first-order valence-corrected chi connectivity index (χ1v) is 12.6. The van der Waals surface area contributed by atoms with Crippen LogP contribution in [0, 0.1) is 17.8 Å². The molecule has 7 nitrogen and oxygen atoms in total. The predicted molar refractivity (Wildman–Crippen MR) is 129 cm³/mol. The monoisotopic (exact) mass is 478 g/mol. The number of esters is 1. The van der Waals surface area contributed by atoms with E-state index in [2.05, 4.69) is 13.2 Å². The number of hydrogen-bond acceptors (Lipinski definition) is 6. The summed E-state index contributed by atoms with van der Waals surface area (Å²) in [4.78, 5) is 44.7. The van der Waals surface area contributed by atoms with Gasteiger partial charge in [-0.3, -0.25) is 14.4 Å². The molecular weight excluding hydrogens is 440 g/mol. The van der Waals surface area contributed by atoms with Gasteiger partial charge in [-0.1, -0.05) is 32.6 Å². The Morgan fingerprint density at radius 2 is 1.94 bits per heavy atom. The van der Waals surface area contributed by atoms with Gasteiger partial charge in [0, 0.05) is 17.3 Å². The number of hydrogen-bond donors (Lipinski definition) is 1. The minimum atomic E-state index is -0.749. The molecule has 3 rings (SSSR count). The van der Waals surface area contributed by atoms with E-state index < -0.39 is 39.4 Å². The highest BCUT2D eigenvalue weighted by Crippen LogP contribution is 2.71. The van der Waals surface area contributed by atoms with E-state index in [9.17, 15) is 19.5 Å². The molecule has 8 heteroatoms. The van der Waals surface area contributed by atoms with Crippen LogP contribution in [-0.4, -0.2) is 80.1 Å². The molecule has 3 aliphatic rings. The van der Waals surface area contributed by atoms with Crippen molar-refractivity contribution in [3.05, 3.63) is 25.3 Å². The van der Waals surface area contributed by atoms with Gasteiger partial charge >= 0.3 is 5.97 Å². The molecule has 1 spiro atoms. The van der Waals surface area contributed by atoms with Crippen LogP contribution in [0.2, 0.25) is 0 Å². The van der Waals surface area contributed by atoms with Crippen molar-refractivity contribution in [2.24, 2.45) is 17.8 Å². The third-order valence-electron chi connectivity index (χ3n) is 7.59. The first-order chi connectivity index (χ1) is 15.5. The van der Waals surface area contributed by atoms with Crippen molar-refractivity contribution in [1.82, 2.24) is 9.80 Å². The normalized spacial score (nSPS) is 33.4. The zero-order valence-corrected chi connectivity index (χ0v) is 21.3. The summed E-state index contributed by atoms with van der Waals surface area (Å²) in [5, 5.41) is 10.3. The van der Waals surface area contributed by atoms with Crippen molar-refractivity contribution < 1.29 is 24.2 Å². The summed E-state index contributed by atoms with van der Waals surface area (Å²) < 4.78 is 4.24. The second-order valence-corrected chi connectivity index (χ2v) is 12.2. The number of carbonyl (C=O) groups excluding carboxylic acids is 3. The van der Waals surface area contributed by atoms with E-state index in [1.807, 2.05) is 34.6 Å². The van der Waals surface area contributed by atoms with E-state index in [1.54, 1.807) is 27.6 Å². The van der Waals surface area contributed by atoms with Gasteiger partial charge in [0.2, 0.25) is 11.8 Å². The number of carbonyl (C=O) groups is 3. The van der Waals surface area contributed by atoms with Gasteiger partial charge in [-0.2, -0.15) is 0 Å². The van der Waals surface area contributed by atoms with Crippen LogP contribution in [0.3, 0.4) is 0 Å². The Balaban J connectivity index is 2.14. The van der Waals surface area contributed by atoms with Crippen molar-refractivity contribution in [3.8, 4) is 0 Å². The number of nitrogens with zero attached hydrogens (tertiary/aromatic N) is 2. The molecule has 0 saturated carbocycles. The molecule has 0 aromatic carbocycles. The van der Waals surface area contributed by atoms with E-state index in [1.165, 1.54) is 6.08 Å². The van der Waals surface area contributed by atoms with Crippen LogP contribution in [0.4, 0.5) is 0 Å². The molecule has 0 aliphatic carbocycles. The molecule has 1 N–H and O–H groups in total. The largest absolute Gasteiger partial charge is 0.461 e. The molecular formula is C25H38N2O5S. The van der Waals surface area contributed by atoms with Crippen molar-refractivity contribution in [2.75, 3.05) is 19.8 Å². The third-order valence-corrected chi connectivity index (χ3v) is 9.58. The number of aliphatic hydroxyl groups excluding tert-OH is 1. The summed E-state index contributed by atoms with van der Waals surface area (Å²) in [7, 11) is 0. The lowest BCUT2D eigenvalue weighted by Gasteiger charge is -2.41. The minimum absolute atomic E-state index is 0.0552. The Morgan fingerprint density at radius 1 is 1.27 bits per heavy atom. The molecule has 33 heavy (non-hydrogen) atoms. The lowest BCUT2D eigenvalue weighted by Crippen LogP contribution is -2.59. The van der Waals surface area contributed by atoms with E-state index in [0.29, 0.717) is 13.0 Å². The summed E-state index contributed by atoms with van der Waals surface area (Å²) in [6.45, 7) is 17.4. The molecule has 184 valence electrons. The molecule has 0 aromatic heterocycles. The number of likely N-dealkylation sites (tertiary alicyclic amines) is 1. The van der Waals surface area contributed by atoms with Gasteiger partial charge in [-0.15, -0.1) is 18.3 Å². The molecule has 3 aliphatic heterocycles. The van der Waals surface area contributed by atoms with Crippen LogP contribution in [0.5, 0.6) is 0 Å². The fraction of sp³-hybridized carbons (Fsp3) is 0.720. The zero-order valence-electron chi connectivity index (χ0n) is 20.5. The highest BCUT2D eigenvalue weighted by atomic mass is 32.2. The molecule has 0 aromatic rings. The predicted octanol–water partition coefficient (Wildman–Crippen LogP) is 2.64. The quantitative estimate of drug-likeness (QED) is 0.384. The van der Waals surface area contributed by atoms with Gasteiger partial charge in [0.05, 0.1) is 29.2 Å². The van der Waals surface area contributed by atoms with Crippen LogP contribution in [0.25, 0.3) is 0 Å². The average molecular weight is 479 g/mol. The van der Waals surface area contributed by atoms with Crippen LogP contribution in [0.1, 0.15) is 47.5 Å². The lowest BCUT2D eigenvalue weighted by atomic mass is 9.66. The molecule has 2 unspecified atom stereocenters. The fourth-order valence-corrected chi connectivity index (χ4v) is 8.39. The van der Waals surface area contributed by atoms with Crippen LogP contribution >= 0.6 is 11.8 Å². The average Bonchev–Trinajstić information content (AvgIpc) is 3.31. The number of thioether (sulfide) groups is 1. The zero-order chi connectivity index (χ0) is 24.7. The van der Waals surface area contributed by atoms with E-state index in [0.717, 1.165) is 6.42 Å². The Morgan fingerprint density at radius 3 is 2.45 bits per heavy atom. The summed E-state index contributed by atoms with van der Waals surface area (Å²) >= 11 is 1.61. The number of rotatable bonds is 10. The second-order valence-electron chi connectivity index (χ2n) is 10.3. The molecule has 3 saturated heterocycles. The number of amides is 2. The van der Waals surface area contributed by atoms with Crippen molar-refractivity contribution in [1.29, 1.82) is 0 Å². The van der Waals surface area contributed by atoms with Gasteiger partial charge < -0.3 is 19.6 Å². The summed E-state index contributed by atoms with van der Waals surface area (Å²) in [5.74, 6) is -2.12. The Hall–Kier alpha value is -1.80. The maximum absolute atomic E-state index is 14.1. The number of fused-ring (bicyclic) bond motifs is 1. The Labute approximate surface area is 201 Å². The van der Waals surface area contributed by atoms with Gasteiger partial charge in [0.1, 0.15) is 12.6 Å². The second kappa shape index (κ2) is 9.45. The van der Waals surface area contributed by atoms with Crippen LogP contribution in [-0.2, 0) is 19.1 Å². The highest BCUT2D eigenvalue weighted by molar-refractivity contribution is 8.02. The standard InChI is InChI=1S/C25H38N2O5S/c1-8-12-26(16(5)6)22(30)20-25-11-10-24(7,33-25)19(23(31)32-13-9-2)18(25)21(29)27(20)17(14-28)15(3)4/h8-9,15-20,28H,1-2,10-14H2,3-7H3/t17-,18-,19+,20?,24-,25?/m0/s1. The highest BCUT2D eigenvalue weighted by Gasteiger charge is 2.78. The summed E-state index contributed by atoms with van der Waals surface area (Å²) in [5.41, 5.74) is 0. The van der Waals surface area contributed by atoms with Gasteiger partial charge in [-0.25, -0.2) is 0 Å². The maximum Gasteiger partial charge on any atom is 0.311 e. The van der Waals surface area contributed by atoms with Crippen molar-refractivity contribution in [2.45, 2.75) is 75.1 Å². The smallest absolute Gasteiger partial charge is 0.311 e. The Bertz CT molecular complexity index is 830. The van der Waals surface area contributed by atoms with Crippen molar-refractivity contribution >= 4 is 29.5 Å². The molecule has 2 bridgehead atoms. The lowest BCUT2D eigenvalue weighted by molar-refractivity contribution is -0.155. The SMILES string of the molecule is C=CCOC(=O)[C@H]1[C@H]2C(=O)N([C@@H](CO)C(C)C)C(C(=O)N(CC=C)C(C)C)C23CC[C@]1(C)S3. The molecule has 3 heterocycles. The van der Waals surface area contributed by atoms with Crippen LogP contribution in [0.15, 0.2) is 25.3 Å². The van der Waals surface area contributed by atoms with E-state index in [-0.39, 0.29) is 37.0 Å². The molecule has 6 atom stereocenters. The fourth-order valence-electron chi connectivity index (χ4n) is 6.06. The Kier molecular flexibility index (Phi) is 7.39. The first kappa shape index (κ1) is 25.8. The molecule has 0 radical (unpaired) electrons. The first-order valence-electron chi connectivity index (χ1n) is 11.8. The van der Waals surface area contributed by atoms with Gasteiger partial charge in [0.15, 0.2) is 0 Å². The maximum atomic E-state index is 14.1. The number of aliphatic hydroxyl groups is 1. The van der Waals surface area contributed by atoms with E-state index in [4.69, 9.17) is 4.74 Å². The summed E-state index contributed by atoms with van der Waals surface area (Å²) in [6, 6.07) is -1.34.